The summed E-state index contributed by atoms with van der Waals surface area (Å²) in [6.45, 7) is 1.66. The van der Waals surface area contributed by atoms with Crippen molar-refractivity contribution in [3.8, 4) is 0 Å². The third kappa shape index (κ3) is 3.85. The Morgan fingerprint density at radius 1 is 1.23 bits per heavy atom. The summed E-state index contributed by atoms with van der Waals surface area (Å²) in [7, 11) is -3.71. The average Bonchev–Trinajstić information content (AvgIpc) is 2.53. The highest BCUT2D eigenvalue weighted by Gasteiger charge is 2.33. The number of hydrogen-bond donors (Lipinski definition) is 2. The number of nitrogens with two attached hydrogens (primary N) is 1. The molecule has 2 rings (SSSR count). The number of nitrogens with one attached hydrogen (secondary N) is 1. The number of amides is 1. The minimum Gasteiger partial charge on any atom is -0.293 e. The summed E-state index contributed by atoms with van der Waals surface area (Å²) in [6.07, 6.45) is 4.63. The van der Waals surface area contributed by atoms with Gasteiger partial charge in [0.25, 0.3) is 0 Å². The Morgan fingerprint density at radius 3 is 2.36 bits per heavy atom. The van der Waals surface area contributed by atoms with E-state index in [0.29, 0.717) is 0 Å². The summed E-state index contributed by atoms with van der Waals surface area (Å²) in [5.74, 6) is 4.63. The van der Waals surface area contributed by atoms with E-state index in [9.17, 15) is 13.2 Å². The van der Waals surface area contributed by atoms with Gasteiger partial charge in [0.2, 0.25) is 15.9 Å². The lowest BCUT2D eigenvalue weighted by molar-refractivity contribution is -0.121. The number of aryl methyl sites for hydroxylation is 1. The molecule has 1 aromatic rings. The molecule has 1 aromatic carbocycles. The van der Waals surface area contributed by atoms with Gasteiger partial charge in [0, 0.05) is 6.04 Å². The number of rotatable bonds is 5. The molecule has 0 atom stereocenters. The van der Waals surface area contributed by atoms with Gasteiger partial charge in [0.1, 0.15) is 0 Å². The molecular formula is C15H23N3O3S. The van der Waals surface area contributed by atoms with Gasteiger partial charge >= 0.3 is 0 Å². The van der Waals surface area contributed by atoms with E-state index < -0.39 is 15.9 Å². The molecule has 1 saturated carbocycles. The minimum absolute atomic E-state index is 0.141. The van der Waals surface area contributed by atoms with Gasteiger partial charge in [-0.05, 0) is 31.9 Å². The first-order valence-corrected chi connectivity index (χ1v) is 8.97. The topological polar surface area (TPSA) is 92.5 Å². The van der Waals surface area contributed by atoms with Crippen molar-refractivity contribution >= 4 is 15.9 Å². The fraction of sp³-hybridized carbons (Fsp3) is 0.533. The zero-order chi connectivity index (χ0) is 16.2. The number of nitrogens with zero attached hydrogens (tertiary/aromatic N) is 1. The van der Waals surface area contributed by atoms with Crippen molar-refractivity contribution in [2.24, 2.45) is 5.84 Å². The second-order valence-corrected chi connectivity index (χ2v) is 7.61. The molecule has 6 nitrogen and oxygen atoms in total. The first kappa shape index (κ1) is 16.9. The van der Waals surface area contributed by atoms with Crippen molar-refractivity contribution in [3.05, 3.63) is 29.8 Å². The van der Waals surface area contributed by atoms with E-state index in [1.54, 1.807) is 24.3 Å². The maximum absolute atomic E-state index is 12.9. The summed E-state index contributed by atoms with van der Waals surface area (Å²) in [4.78, 5) is 11.9. The van der Waals surface area contributed by atoms with Crippen LogP contribution in [0.4, 0.5) is 0 Å². The zero-order valence-corrected chi connectivity index (χ0v) is 13.6. The van der Waals surface area contributed by atoms with Crippen molar-refractivity contribution in [3.63, 3.8) is 0 Å². The monoisotopic (exact) mass is 325 g/mol. The van der Waals surface area contributed by atoms with Crippen molar-refractivity contribution in [2.45, 2.75) is 50.0 Å². The third-order valence-electron chi connectivity index (χ3n) is 4.07. The van der Waals surface area contributed by atoms with E-state index >= 15 is 0 Å². The Morgan fingerprint density at radius 2 is 1.82 bits per heavy atom. The highest BCUT2D eigenvalue weighted by molar-refractivity contribution is 7.89. The van der Waals surface area contributed by atoms with Gasteiger partial charge in [-0.3, -0.25) is 10.2 Å². The fourth-order valence-electron chi connectivity index (χ4n) is 2.81. The van der Waals surface area contributed by atoms with E-state index in [0.717, 1.165) is 37.7 Å². The number of sulfonamides is 1. The molecule has 0 saturated heterocycles. The van der Waals surface area contributed by atoms with E-state index in [1.807, 2.05) is 12.3 Å². The lowest BCUT2D eigenvalue weighted by Crippen LogP contribution is -2.48. The molecule has 122 valence electrons. The van der Waals surface area contributed by atoms with Crippen LogP contribution in [-0.4, -0.2) is 31.2 Å². The lowest BCUT2D eigenvalue weighted by atomic mass is 9.95. The van der Waals surface area contributed by atoms with Crippen molar-refractivity contribution < 1.29 is 13.2 Å². The Bertz CT molecular complexity index is 607. The molecule has 1 amide bonds. The molecule has 3 N–H and O–H groups in total. The van der Waals surface area contributed by atoms with E-state index in [2.05, 4.69) is 0 Å². The second-order valence-electron chi connectivity index (χ2n) is 5.72. The van der Waals surface area contributed by atoms with Gasteiger partial charge in [0.15, 0.2) is 0 Å². The van der Waals surface area contributed by atoms with Gasteiger partial charge in [-0.15, -0.1) is 0 Å². The van der Waals surface area contributed by atoms with Gasteiger partial charge in [-0.25, -0.2) is 14.3 Å². The van der Waals surface area contributed by atoms with Gasteiger partial charge in [0.05, 0.1) is 11.4 Å². The molecule has 1 aliphatic carbocycles. The molecule has 0 aromatic heterocycles. The Labute approximate surface area is 131 Å². The van der Waals surface area contributed by atoms with Crippen LogP contribution in [0.3, 0.4) is 0 Å². The van der Waals surface area contributed by atoms with Crippen molar-refractivity contribution in [1.82, 2.24) is 9.73 Å². The van der Waals surface area contributed by atoms with Crippen LogP contribution in [0, 0.1) is 6.92 Å². The third-order valence-corrected chi connectivity index (χ3v) is 5.98. The summed E-state index contributed by atoms with van der Waals surface area (Å²) >= 11 is 0. The van der Waals surface area contributed by atoms with Crippen LogP contribution in [0.2, 0.25) is 0 Å². The van der Waals surface area contributed by atoms with Gasteiger partial charge < -0.3 is 0 Å². The highest BCUT2D eigenvalue weighted by atomic mass is 32.2. The molecule has 0 spiro atoms. The largest absolute Gasteiger partial charge is 0.293 e. The van der Waals surface area contributed by atoms with Crippen LogP contribution >= 0.6 is 0 Å². The molecule has 1 fully saturated rings. The minimum atomic E-state index is -3.71. The summed E-state index contributed by atoms with van der Waals surface area (Å²) in [5, 5.41) is 0. The lowest BCUT2D eigenvalue weighted by Gasteiger charge is -2.32. The van der Waals surface area contributed by atoms with E-state index in [-0.39, 0.29) is 17.5 Å². The number of hydrazine groups is 1. The molecule has 0 unspecified atom stereocenters. The predicted octanol–water partition coefficient (Wildman–Crippen LogP) is 1.31. The number of carbonyl (C=O) groups excluding carboxylic acids is 1. The van der Waals surface area contributed by atoms with Crippen LogP contribution in [0.25, 0.3) is 0 Å². The highest BCUT2D eigenvalue weighted by Crippen LogP contribution is 2.27. The second kappa shape index (κ2) is 7.21. The molecule has 0 radical (unpaired) electrons. The number of benzene rings is 1. The Kier molecular flexibility index (Phi) is 5.55. The maximum Gasteiger partial charge on any atom is 0.249 e. The molecule has 1 aliphatic rings. The smallest absolute Gasteiger partial charge is 0.249 e. The van der Waals surface area contributed by atoms with Crippen LogP contribution in [-0.2, 0) is 14.8 Å². The maximum atomic E-state index is 12.9. The van der Waals surface area contributed by atoms with E-state index in [4.69, 9.17) is 5.84 Å². The van der Waals surface area contributed by atoms with Crippen molar-refractivity contribution in [1.29, 1.82) is 0 Å². The normalized spacial score (nSPS) is 16.7. The van der Waals surface area contributed by atoms with Crippen LogP contribution < -0.4 is 11.3 Å². The summed E-state index contributed by atoms with van der Waals surface area (Å²) in [5.41, 5.74) is 3.01. The molecule has 0 aliphatic heterocycles. The van der Waals surface area contributed by atoms with Gasteiger partial charge in [-0.2, -0.15) is 4.31 Å². The van der Waals surface area contributed by atoms with Gasteiger partial charge in [-0.1, -0.05) is 37.0 Å². The van der Waals surface area contributed by atoms with E-state index in [1.165, 1.54) is 4.31 Å². The van der Waals surface area contributed by atoms with Crippen LogP contribution in [0.1, 0.15) is 37.7 Å². The Balaban J connectivity index is 2.33. The summed E-state index contributed by atoms with van der Waals surface area (Å²) < 4.78 is 27.1. The quantitative estimate of drug-likeness (QED) is 0.485. The number of carbonyl (C=O) groups is 1. The van der Waals surface area contributed by atoms with Crippen molar-refractivity contribution in [2.75, 3.05) is 6.54 Å². The molecule has 7 heteroatoms. The SMILES string of the molecule is Cc1ccc(S(=O)(=O)N(CC(=O)NN)C2CCCCC2)cc1. The van der Waals surface area contributed by atoms with Crippen LogP contribution in [0.15, 0.2) is 29.2 Å². The average molecular weight is 325 g/mol. The molecule has 0 heterocycles. The molecular weight excluding hydrogens is 302 g/mol. The standard InChI is InChI=1S/C15H23N3O3S/c1-12-7-9-14(10-8-12)22(20,21)18(11-15(19)17-16)13-5-3-2-4-6-13/h7-10,13H,2-6,11,16H2,1H3,(H,17,19). The zero-order valence-electron chi connectivity index (χ0n) is 12.8. The first-order valence-electron chi connectivity index (χ1n) is 7.53. The number of hydrogen-bond acceptors (Lipinski definition) is 4. The molecule has 0 bridgehead atoms. The predicted molar refractivity (Wildman–Crippen MR) is 84.3 cm³/mol. The first-order chi connectivity index (χ1) is 10.4. The summed E-state index contributed by atoms with van der Waals surface area (Å²) in [6, 6.07) is 6.54. The molecule has 22 heavy (non-hydrogen) atoms. The fourth-order valence-corrected chi connectivity index (χ4v) is 4.45. The Hall–Kier alpha value is -1.44. The van der Waals surface area contributed by atoms with Crippen LogP contribution in [0.5, 0.6) is 0 Å².